The van der Waals surface area contributed by atoms with Crippen molar-refractivity contribution in [1.29, 1.82) is 0 Å². The van der Waals surface area contributed by atoms with E-state index in [1.165, 1.54) is 12.8 Å². The van der Waals surface area contributed by atoms with Gasteiger partial charge in [0.05, 0.1) is 0 Å². The van der Waals surface area contributed by atoms with Crippen LogP contribution in [0.5, 0.6) is 0 Å². The van der Waals surface area contributed by atoms with Gasteiger partial charge in [-0.2, -0.15) is 4.98 Å². The van der Waals surface area contributed by atoms with E-state index < -0.39 is 0 Å². The summed E-state index contributed by atoms with van der Waals surface area (Å²) in [6.45, 7) is 7.94. The zero-order valence-electron chi connectivity index (χ0n) is 11.2. The van der Waals surface area contributed by atoms with Crippen molar-refractivity contribution in [3.05, 3.63) is 10.6 Å². The Morgan fingerprint density at radius 2 is 1.78 bits per heavy atom. The number of H-pyrrole nitrogens is 1. The number of hydrogen-bond acceptors (Lipinski definition) is 5. The summed E-state index contributed by atoms with van der Waals surface area (Å²) < 4.78 is 0.428. The summed E-state index contributed by atoms with van der Waals surface area (Å²) in [5.74, 6) is 1.71. The van der Waals surface area contributed by atoms with Crippen LogP contribution in [-0.2, 0) is 0 Å². The standard InChI is InChI=1S/C10H15N5S.C2H6/c1-6-11-9(14-10(16)12-6)15-4-7-2-3-8(5-15)13-7;1-2/h7-8,13H,2-5H2,1H3,(H,11,12,14,16);1-2H3. The number of aromatic amines is 1. The average Bonchev–Trinajstić information content (AvgIpc) is 2.69. The van der Waals surface area contributed by atoms with Gasteiger partial charge in [0.2, 0.25) is 10.7 Å². The first kappa shape index (κ1) is 13.4. The molecular formula is C12H21N5S. The van der Waals surface area contributed by atoms with Gasteiger partial charge < -0.3 is 15.2 Å². The van der Waals surface area contributed by atoms with E-state index in [0.29, 0.717) is 16.9 Å². The fourth-order valence-electron chi connectivity index (χ4n) is 2.60. The summed E-state index contributed by atoms with van der Waals surface area (Å²) in [4.78, 5) is 13.9. The molecule has 0 amide bonds. The van der Waals surface area contributed by atoms with Crippen molar-refractivity contribution < 1.29 is 0 Å². The molecule has 18 heavy (non-hydrogen) atoms. The quantitative estimate of drug-likeness (QED) is 0.760. The SMILES string of the molecule is CC.Cc1nc(=S)nc(N2CC3CCC(C2)N3)[nH]1. The minimum Gasteiger partial charge on any atom is -0.339 e. The van der Waals surface area contributed by atoms with Crippen LogP contribution >= 0.6 is 12.2 Å². The average molecular weight is 267 g/mol. The number of hydrogen-bond donors (Lipinski definition) is 2. The molecule has 2 N–H and O–H groups in total. The molecule has 2 atom stereocenters. The van der Waals surface area contributed by atoms with E-state index in [4.69, 9.17) is 12.2 Å². The third-order valence-corrected chi connectivity index (χ3v) is 3.46. The van der Waals surface area contributed by atoms with Gasteiger partial charge in [-0.3, -0.25) is 0 Å². The van der Waals surface area contributed by atoms with E-state index >= 15 is 0 Å². The highest BCUT2D eigenvalue weighted by Gasteiger charge is 2.32. The summed E-state index contributed by atoms with van der Waals surface area (Å²) >= 11 is 5.05. The monoisotopic (exact) mass is 267 g/mol. The fourth-order valence-corrected chi connectivity index (χ4v) is 2.82. The molecule has 1 aromatic rings. The van der Waals surface area contributed by atoms with Crippen LogP contribution in [0.2, 0.25) is 0 Å². The van der Waals surface area contributed by atoms with E-state index in [0.717, 1.165) is 24.9 Å². The van der Waals surface area contributed by atoms with E-state index in [2.05, 4.69) is 25.2 Å². The molecule has 0 radical (unpaired) electrons. The maximum atomic E-state index is 5.05. The highest BCUT2D eigenvalue weighted by molar-refractivity contribution is 7.71. The number of nitrogens with zero attached hydrogens (tertiary/aromatic N) is 3. The first-order valence-electron chi connectivity index (χ1n) is 6.66. The van der Waals surface area contributed by atoms with Crippen LogP contribution in [0, 0.1) is 11.7 Å². The van der Waals surface area contributed by atoms with Gasteiger partial charge in [0.15, 0.2) is 0 Å². The van der Waals surface area contributed by atoms with Gasteiger partial charge in [0.25, 0.3) is 0 Å². The van der Waals surface area contributed by atoms with E-state index in [1.54, 1.807) is 0 Å². The zero-order chi connectivity index (χ0) is 13.1. The van der Waals surface area contributed by atoms with Crippen molar-refractivity contribution in [2.24, 2.45) is 0 Å². The molecule has 3 heterocycles. The minimum absolute atomic E-state index is 0.428. The van der Waals surface area contributed by atoms with E-state index in [9.17, 15) is 0 Å². The van der Waals surface area contributed by atoms with Crippen LogP contribution in [0.15, 0.2) is 0 Å². The van der Waals surface area contributed by atoms with Gasteiger partial charge in [-0.25, -0.2) is 4.98 Å². The van der Waals surface area contributed by atoms with Crippen LogP contribution < -0.4 is 10.2 Å². The molecule has 100 valence electrons. The second-order valence-corrected chi connectivity index (χ2v) is 4.95. The normalized spacial score (nSPS) is 25.6. The molecular weight excluding hydrogens is 246 g/mol. The summed E-state index contributed by atoms with van der Waals surface area (Å²) in [7, 11) is 0. The largest absolute Gasteiger partial charge is 0.339 e. The van der Waals surface area contributed by atoms with Gasteiger partial charge in [-0.1, -0.05) is 13.8 Å². The molecule has 2 aliphatic heterocycles. The lowest BCUT2D eigenvalue weighted by Gasteiger charge is -2.33. The molecule has 0 saturated carbocycles. The second kappa shape index (κ2) is 5.75. The summed E-state index contributed by atoms with van der Waals surface area (Å²) in [5, 5.41) is 3.59. The molecule has 5 nitrogen and oxygen atoms in total. The molecule has 2 unspecified atom stereocenters. The van der Waals surface area contributed by atoms with Crippen LogP contribution in [0.3, 0.4) is 0 Å². The van der Waals surface area contributed by atoms with Gasteiger partial charge in [-0.15, -0.1) is 0 Å². The fraction of sp³-hybridized carbons (Fsp3) is 0.750. The Morgan fingerprint density at radius 3 is 2.33 bits per heavy atom. The number of nitrogens with one attached hydrogen (secondary N) is 2. The Balaban J connectivity index is 0.000000574. The molecule has 2 saturated heterocycles. The van der Waals surface area contributed by atoms with Gasteiger partial charge in [0, 0.05) is 25.2 Å². The smallest absolute Gasteiger partial charge is 0.224 e. The number of rotatable bonds is 1. The highest BCUT2D eigenvalue weighted by atomic mass is 32.1. The van der Waals surface area contributed by atoms with Gasteiger partial charge in [-0.05, 0) is 32.0 Å². The van der Waals surface area contributed by atoms with Crippen LogP contribution in [0.4, 0.5) is 5.95 Å². The lowest BCUT2D eigenvalue weighted by molar-refractivity contribution is 0.460. The highest BCUT2D eigenvalue weighted by Crippen LogP contribution is 2.22. The van der Waals surface area contributed by atoms with Crippen LogP contribution in [0.25, 0.3) is 0 Å². The Kier molecular flexibility index (Phi) is 4.29. The van der Waals surface area contributed by atoms with Crippen molar-refractivity contribution in [3.8, 4) is 0 Å². The second-order valence-electron chi connectivity index (χ2n) is 4.58. The molecule has 2 aliphatic rings. The number of aryl methyl sites for hydroxylation is 1. The van der Waals surface area contributed by atoms with E-state index in [1.807, 2.05) is 20.8 Å². The van der Waals surface area contributed by atoms with Crippen molar-refractivity contribution >= 4 is 18.2 Å². The van der Waals surface area contributed by atoms with Crippen LogP contribution in [-0.4, -0.2) is 40.1 Å². The van der Waals surface area contributed by atoms with Crippen molar-refractivity contribution in [2.75, 3.05) is 18.0 Å². The number of anilines is 1. The Hall–Kier alpha value is -1.01. The first-order chi connectivity index (χ1) is 8.70. The van der Waals surface area contributed by atoms with Crippen molar-refractivity contribution in [2.45, 2.75) is 45.7 Å². The van der Waals surface area contributed by atoms with Crippen LogP contribution in [0.1, 0.15) is 32.5 Å². The molecule has 2 bridgehead atoms. The van der Waals surface area contributed by atoms with E-state index in [-0.39, 0.29) is 0 Å². The number of piperazine rings is 1. The summed E-state index contributed by atoms with van der Waals surface area (Å²) in [6, 6.07) is 1.21. The molecule has 0 aliphatic carbocycles. The molecule has 1 aromatic heterocycles. The van der Waals surface area contributed by atoms with Crippen molar-refractivity contribution in [3.63, 3.8) is 0 Å². The zero-order valence-corrected chi connectivity index (χ0v) is 12.0. The summed E-state index contributed by atoms with van der Waals surface area (Å²) in [5.41, 5.74) is 0. The molecule has 0 aromatic carbocycles. The van der Waals surface area contributed by atoms with Gasteiger partial charge in [0.1, 0.15) is 5.82 Å². The minimum atomic E-state index is 0.428. The lowest BCUT2D eigenvalue weighted by Crippen LogP contribution is -2.51. The maximum absolute atomic E-state index is 5.05. The Bertz CT molecular complexity index is 446. The lowest BCUT2D eigenvalue weighted by atomic mass is 10.2. The first-order valence-corrected chi connectivity index (χ1v) is 7.07. The predicted molar refractivity (Wildman–Crippen MR) is 75.5 cm³/mol. The van der Waals surface area contributed by atoms with Crippen molar-refractivity contribution in [1.82, 2.24) is 20.3 Å². The number of fused-ring (bicyclic) bond motifs is 2. The number of aromatic nitrogens is 3. The third-order valence-electron chi connectivity index (χ3n) is 3.27. The Morgan fingerprint density at radius 1 is 1.17 bits per heavy atom. The molecule has 2 fully saturated rings. The predicted octanol–water partition coefficient (Wildman–Crippen LogP) is 1.81. The third kappa shape index (κ3) is 2.87. The molecule has 3 rings (SSSR count). The van der Waals surface area contributed by atoms with Gasteiger partial charge >= 0.3 is 0 Å². The molecule has 6 heteroatoms. The molecule has 0 spiro atoms. The summed E-state index contributed by atoms with van der Waals surface area (Å²) in [6.07, 6.45) is 2.54. The Labute approximate surface area is 113 Å². The maximum Gasteiger partial charge on any atom is 0.224 e. The topological polar surface area (TPSA) is 56.8 Å².